The average molecular weight is 712 g/mol. The number of aliphatic hydroxyl groups excluding tert-OH is 2. The van der Waals surface area contributed by atoms with E-state index in [4.69, 9.17) is 17.5 Å². The highest BCUT2D eigenvalue weighted by Crippen LogP contribution is 2.32. The van der Waals surface area contributed by atoms with Crippen molar-refractivity contribution in [1.29, 1.82) is 0 Å². The fourth-order valence-corrected chi connectivity index (χ4v) is 6.56. The molecule has 3 aromatic rings. The monoisotopic (exact) mass is 711 g/mol. The third-order valence-electron chi connectivity index (χ3n) is 8.70. The fourth-order valence-electron chi connectivity index (χ4n) is 6.56. The quantitative estimate of drug-likeness (QED) is 0.160. The lowest BCUT2D eigenvalue weighted by Crippen LogP contribution is -2.61. The molecule has 5 unspecified atom stereocenters. The first-order valence-electron chi connectivity index (χ1n) is 16.7. The van der Waals surface area contributed by atoms with Crippen LogP contribution in [-0.4, -0.2) is 104 Å². The van der Waals surface area contributed by atoms with E-state index in [1.165, 1.54) is 0 Å². The van der Waals surface area contributed by atoms with Crippen LogP contribution in [-0.2, 0) is 39.4 Å². The third kappa shape index (κ3) is 12.5. The minimum Gasteiger partial charge on any atom is -0.392 e. The summed E-state index contributed by atoms with van der Waals surface area (Å²) >= 11 is 0. The van der Waals surface area contributed by atoms with Crippen molar-refractivity contribution in [3.8, 4) is 0 Å². The van der Waals surface area contributed by atoms with Gasteiger partial charge >= 0.3 is 10.4 Å². The zero-order valence-electron chi connectivity index (χ0n) is 28.7. The molecule has 1 aliphatic heterocycles. The number of nitrogens with zero attached hydrogens (tertiary/aromatic N) is 3. The summed E-state index contributed by atoms with van der Waals surface area (Å²) in [4.78, 5) is 35.9. The Morgan fingerprint density at radius 2 is 1.64 bits per heavy atom. The van der Waals surface area contributed by atoms with E-state index in [1.807, 2.05) is 93.7 Å². The molecule has 2 aliphatic rings. The number of carbonyl (C=O) groups is 2. The van der Waals surface area contributed by atoms with Gasteiger partial charge in [-0.3, -0.25) is 33.5 Å². The molecule has 1 aliphatic carbocycles. The second-order valence-corrected chi connectivity index (χ2v) is 14.9. The van der Waals surface area contributed by atoms with Gasteiger partial charge in [0.15, 0.2) is 0 Å². The van der Waals surface area contributed by atoms with Crippen molar-refractivity contribution in [2.75, 3.05) is 26.2 Å². The van der Waals surface area contributed by atoms with Crippen molar-refractivity contribution in [3.63, 3.8) is 0 Å². The van der Waals surface area contributed by atoms with Gasteiger partial charge in [-0.25, -0.2) is 0 Å². The van der Waals surface area contributed by atoms with E-state index in [0.717, 1.165) is 28.8 Å². The first-order chi connectivity index (χ1) is 23.6. The molecule has 50 heavy (non-hydrogen) atoms. The Hall–Kier alpha value is -3.76. The standard InChI is InChI=1S/C36H47N5O4.H2O4S/c1-36(2,3)39-35(45)31-24-40(22-26-12-9-15-37-21-26)16-17-41(31)23-29(42)19-28(18-25-10-5-4-6-11-25)34(44)38-33-30-14-8-7-13-27(30)20-32(33)43;1-5(2,3)4/h4-15,21,28-29,31-33,42-43H,16-20,22-24H2,1-3H3,(H,38,44)(H,39,45);(H2,1,2,3,4). The number of aromatic nitrogens is 1. The van der Waals surface area contributed by atoms with E-state index in [0.29, 0.717) is 32.5 Å². The molecule has 13 nitrogen and oxygen atoms in total. The lowest BCUT2D eigenvalue weighted by atomic mass is 9.91. The summed E-state index contributed by atoms with van der Waals surface area (Å²) in [5.74, 6) is -0.781. The van der Waals surface area contributed by atoms with E-state index in [1.54, 1.807) is 6.20 Å². The van der Waals surface area contributed by atoms with Crippen molar-refractivity contribution in [3.05, 3.63) is 101 Å². The summed E-state index contributed by atoms with van der Waals surface area (Å²) in [6, 6.07) is 20.6. The fraction of sp³-hybridized carbons (Fsp3) is 0.472. The number of aliphatic hydroxyl groups is 2. The predicted molar refractivity (Wildman–Crippen MR) is 188 cm³/mol. The lowest BCUT2D eigenvalue weighted by Gasteiger charge is -2.42. The van der Waals surface area contributed by atoms with Crippen LogP contribution in [0.5, 0.6) is 0 Å². The number of piperazine rings is 1. The molecule has 14 heteroatoms. The van der Waals surface area contributed by atoms with Crippen molar-refractivity contribution in [1.82, 2.24) is 25.4 Å². The molecule has 5 atom stereocenters. The van der Waals surface area contributed by atoms with Crippen molar-refractivity contribution in [2.45, 2.75) is 76.4 Å². The Balaban J connectivity index is 0.00000105. The van der Waals surface area contributed by atoms with Crippen molar-refractivity contribution >= 4 is 22.2 Å². The van der Waals surface area contributed by atoms with Gasteiger partial charge in [0, 0.05) is 63.0 Å². The summed E-state index contributed by atoms with van der Waals surface area (Å²) in [5, 5.41) is 28.5. The topological polar surface area (TPSA) is 193 Å². The SMILES string of the molecule is CC(C)(C)NC(=O)C1CN(Cc2cccnc2)CCN1CC(O)CC(Cc1ccccc1)C(=O)NC1c2ccccc2CC1O.O=S(=O)(O)O. The second kappa shape index (κ2) is 17.4. The number of amides is 2. The Kier molecular flexibility index (Phi) is 13.6. The van der Waals surface area contributed by atoms with Gasteiger partial charge in [-0.2, -0.15) is 8.42 Å². The Morgan fingerprint density at radius 3 is 2.30 bits per heavy atom. The predicted octanol–water partition coefficient (Wildman–Crippen LogP) is 2.21. The number of fused-ring (bicyclic) bond motifs is 1. The van der Waals surface area contributed by atoms with E-state index in [2.05, 4.69) is 25.4 Å². The molecule has 1 saturated heterocycles. The number of benzene rings is 2. The molecule has 1 aromatic heterocycles. The van der Waals surface area contributed by atoms with E-state index in [9.17, 15) is 19.8 Å². The maximum Gasteiger partial charge on any atom is 0.394 e. The second-order valence-electron chi connectivity index (χ2n) is 14.0. The molecule has 5 rings (SSSR count). The first-order valence-corrected chi connectivity index (χ1v) is 18.1. The summed E-state index contributed by atoms with van der Waals surface area (Å²) in [6.07, 6.45) is 3.26. The Labute approximate surface area is 294 Å². The van der Waals surface area contributed by atoms with Crippen LogP contribution in [0.4, 0.5) is 0 Å². The molecule has 1 fully saturated rings. The van der Waals surface area contributed by atoms with Crippen LogP contribution in [0.25, 0.3) is 0 Å². The number of hydrogen-bond donors (Lipinski definition) is 6. The largest absolute Gasteiger partial charge is 0.394 e. The van der Waals surface area contributed by atoms with Crippen molar-refractivity contribution in [2.24, 2.45) is 5.92 Å². The highest BCUT2D eigenvalue weighted by Gasteiger charge is 2.37. The van der Waals surface area contributed by atoms with Crippen LogP contribution in [0, 0.1) is 5.92 Å². The molecule has 0 spiro atoms. The third-order valence-corrected chi connectivity index (χ3v) is 8.70. The van der Waals surface area contributed by atoms with Crippen LogP contribution in [0.3, 0.4) is 0 Å². The van der Waals surface area contributed by atoms with Gasteiger partial charge < -0.3 is 20.8 Å². The minimum atomic E-state index is -4.67. The number of carbonyl (C=O) groups excluding carboxylic acids is 2. The maximum absolute atomic E-state index is 13.8. The molecule has 2 aromatic carbocycles. The van der Waals surface area contributed by atoms with Gasteiger partial charge in [0.2, 0.25) is 11.8 Å². The summed E-state index contributed by atoms with van der Waals surface area (Å²) in [7, 11) is -4.67. The molecule has 0 saturated carbocycles. The van der Waals surface area contributed by atoms with Crippen molar-refractivity contribution < 1.29 is 37.3 Å². The normalized spacial score (nSPS) is 20.9. The summed E-state index contributed by atoms with van der Waals surface area (Å²) in [5.41, 5.74) is 3.68. The molecular formula is C36H49N5O8S. The molecule has 272 valence electrons. The Morgan fingerprint density at radius 1 is 0.980 bits per heavy atom. The molecule has 0 radical (unpaired) electrons. The lowest BCUT2D eigenvalue weighted by molar-refractivity contribution is -0.132. The number of pyridine rings is 1. The van der Waals surface area contributed by atoms with Gasteiger partial charge in [0.25, 0.3) is 0 Å². The highest BCUT2D eigenvalue weighted by molar-refractivity contribution is 7.79. The molecular weight excluding hydrogens is 662 g/mol. The van der Waals surface area contributed by atoms with Crippen LogP contribution in [0.1, 0.15) is 55.5 Å². The van der Waals surface area contributed by atoms with Gasteiger partial charge in [0.1, 0.15) is 6.04 Å². The van der Waals surface area contributed by atoms with E-state index < -0.39 is 46.1 Å². The van der Waals surface area contributed by atoms with Gasteiger partial charge in [-0.05, 0) is 61.9 Å². The summed E-state index contributed by atoms with van der Waals surface area (Å²) in [6.45, 7) is 8.74. The molecule has 0 bridgehead atoms. The highest BCUT2D eigenvalue weighted by atomic mass is 32.3. The zero-order chi connectivity index (χ0) is 36.5. The van der Waals surface area contributed by atoms with Crippen LogP contribution in [0.2, 0.25) is 0 Å². The minimum absolute atomic E-state index is 0.0712. The van der Waals surface area contributed by atoms with Gasteiger partial charge in [0.05, 0.1) is 18.2 Å². The summed E-state index contributed by atoms with van der Waals surface area (Å²) < 4.78 is 31.6. The van der Waals surface area contributed by atoms with Crippen LogP contribution in [0.15, 0.2) is 79.1 Å². The number of rotatable bonds is 11. The van der Waals surface area contributed by atoms with E-state index >= 15 is 0 Å². The van der Waals surface area contributed by atoms with Crippen LogP contribution >= 0.6 is 0 Å². The number of hydrogen-bond acceptors (Lipinski definition) is 9. The van der Waals surface area contributed by atoms with Crippen LogP contribution < -0.4 is 10.6 Å². The Bertz CT molecular complexity index is 1650. The number of nitrogens with one attached hydrogen (secondary N) is 2. The average Bonchev–Trinajstić information content (AvgIpc) is 3.35. The van der Waals surface area contributed by atoms with Gasteiger partial charge in [-0.15, -0.1) is 0 Å². The van der Waals surface area contributed by atoms with Gasteiger partial charge in [-0.1, -0.05) is 60.7 Å². The number of β-amino-alcohol motifs (C(OH)–C–C–N with tert-alkyl or cyclic N) is 1. The van der Waals surface area contributed by atoms with E-state index in [-0.39, 0.29) is 24.8 Å². The molecule has 2 heterocycles. The maximum atomic E-state index is 13.8. The first kappa shape index (κ1) is 39.0. The molecule has 6 N–H and O–H groups in total. The smallest absolute Gasteiger partial charge is 0.392 e. The zero-order valence-corrected chi connectivity index (χ0v) is 29.5. The molecule has 2 amide bonds.